The second-order valence-corrected chi connectivity index (χ2v) is 20.7. The Morgan fingerprint density at radius 1 is 0.532 bits per heavy atom. The van der Waals surface area contributed by atoms with Gasteiger partial charge in [0.15, 0.2) is 17.5 Å². The van der Waals surface area contributed by atoms with E-state index in [4.69, 9.17) is 25.0 Å². The number of aromatic nitrogens is 1. The molecule has 4 heterocycles. The number of fused-ring (bicyclic) bond motifs is 4. The number of rotatable bonds is 11. The van der Waals surface area contributed by atoms with E-state index in [-0.39, 0.29) is 5.91 Å². The third kappa shape index (κ3) is 10.6. The van der Waals surface area contributed by atoms with Crippen LogP contribution in [0.4, 0.5) is 17.3 Å². The summed E-state index contributed by atoms with van der Waals surface area (Å²) in [5.74, 6) is 4.20. The Bertz CT molecular complexity index is 3820. The van der Waals surface area contributed by atoms with E-state index < -0.39 is 0 Å². The Labute approximate surface area is 456 Å². The van der Waals surface area contributed by atoms with Crippen molar-refractivity contribution in [2.75, 3.05) is 12.4 Å². The van der Waals surface area contributed by atoms with Crippen molar-refractivity contribution in [2.24, 2.45) is 30.0 Å². The third-order valence-electron chi connectivity index (χ3n) is 16.0. The topological polar surface area (TPSA) is 131 Å². The second-order valence-electron chi connectivity index (χ2n) is 20.7. The number of aromatic amines is 1. The van der Waals surface area contributed by atoms with E-state index in [0.717, 1.165) is 83.7 Å². The van der Waals surface area contributed by atoms with Crippen LogP contribution in [0.2, 0.25) is 0 Å². The minimum atomic E-state index is -0.218. The maximum absolute atomic E-state index is 13.8. The molecule has 0 spiro atoms. The van der Waals surface area contributed by atoms with Gasteiger partial charge >= 0.3 is 0 Å². The summed E-state index contributed by atoms with van der Waals surface area (Å²) in [5, 5.41) is 8.30. The number of amidine groups is 5. The van der Waals surface area contributed by atoms with Crippen LogP contribution in [0.25, 0.3) is 10.8 Å². The molecule has 77 heavy (non-hydrogen) atoms. The zero-order chi connectivity index (χ0) is 55.7. The van der Waals surface area contributed by atoms with Gasteiger partial charge in [-0.25, -0.2) is 25.0 Å². The first-order valence-electron chi connectivity index (χ1n) is 26.4. The summed E-state index contributed by atoms with van der Waals surface area (Å²) in [5.41, 5.74) is 24.9. The maximum Gasteiger partial charge on any atom is 0.251 e. The molecular weight excluding hydrogens is 947 g/mol. The minimum Gasteiger partial charge on any atom is -0.324 e. The highest BCUT2D eigenvalue weighted by Crippen LogP contribution is 2.41. The van der Waals surface area contributed by atoms with Crippen molar-refractivity contribution < 1.29 is 4.79 Å². The average molecular weight is 1020 g/mol. The highest BCUT2D eigenvalue weighted by molar-refractivity contribution is 6.32. The van der Waals surface area contributed by atoms with Gasteiger partial charge in [-0.1, -0.05) is 89.6 Å². The Morgan fingerprint density at radius 3 is 1.65 bits per heavy atom. The van der Waals surface area contributed by atoms with Crippen LogP contribution < -0.4 is 10.6 Å². The minimum absolute atomic E-state index is 0.218. The zero-order valence-electron chi connectivity index (χ0n) is 48.3. The van der Waals surface area contributed by atoms with E-state index in [0.29, 0.717) is 40.4 Å². The van der Waals surface area contributed by atoms with E-state index in [9.17, 15) is 4.79 Å². The molecule has 0 radical (unpaired) electrons. The number of carbonyl (C=O) groups is 1. The number of allylic oxidation sites excluding steroid dienone is 15. The standard InChI is InChI=1S/C67H73N9O/c1-19-24-35(2)27-22-28-36(3)25-20-21-26-37(4)29-23-30-38(5)67(77)70-51-31-32-52-53(33-51)61(72-63-55-46(13)40(7)39(6)45(12)54(55)34-69-63)71-60(52)73-64-58-49(16)43(10)44(11)50(17)59(58)66(75-64)76-65-57-48(15)42(9)41(8)47(14)56(57)62(68-18)74-65/h19-34,71H,1-18H3,(H,70,77)(H,68,73,74,75,76)/b21-20+,24-19+,28-22+,29-23+,35-27+,36-25+,37-26+,38-30+,72-63-. The number of H-pyrrole nitrogens is 1. The number of amides is 1. The summed E-state index contributed by atoms with van der Waals surface area (Å²) in [7, 11) is 1.81. The van der Waals surface area contributed by atoms with Gasteiger partial charge in [0.05, 0.1) is 0 Å². The molecule has 1 aromatic heterocycles. The van der Waals surface area contributed by atoms with E-state index in [1.165, 1.54) is 55.6 Å². The highest BCUT2D eigenvalue weighted by Gasteiger charge is 2.34. The van der Waals surface area contributed by atoms with Crippen LogP contribution in [-0.2, 0) is 4.79 Å². The molecule has 0 aliphatic carbocycles. The zero-order valence-corrected chi connectivity index (χ0v) is 48.3. The van der Waals surface area contributed by atoms with Crippen molar-refractivity contribution in [1.29, 1.82) is 0 Å². The van der Waals surface area contributed by atoms with Gasteiger partial charge in [-0.05, 0) is 203 Å². The number of hydrogen-bond donors (Lipinski definition) is 3. The molecule has 0 bridgehead atoms. The number of carbonyl (C=O) groups excluding carboxylic acids is 1. The van der Waals surface area contributed by atoms with Gasteiger partial charge in [-0.15, -0.1) is 0 Å². The summed E-state index contributed by atoms with van der Waals surface area (Å²) in [6, 6.07) is 5.84. The Morgan fingerprint density at radius 2 is 1.04 bits per heavy atom. The van der Waals surface area contributed by atoms with Gasteiger partial charge in [-0.2, -0.15) is 0 Å². The molecule has 0 atom stereocenters. The lowest BCUT2D eigenvalue weighted by molar-refractivity contribution is -0.112. The van der Waals surface area contributed by atoms with Gasteiger partial charge in [0, 0.05) is 68.7 Å². The summed E-state index contributed by atoms with van der Waals surface area (Å²) in [6.07, 6.45) is 26.1. The molecule has 0 fully saturated rings. The Kier molecular flexibility index (Phi) is 16.0. The van der Waals surface area contributed by atoms with E-state index in [2.05, 4.69) is 148 Å². The van der Waals surface area contributed by atoms with Gasteiger partial charge in [0.1, 0.15) is 23.3 Å². The van der Waals surface area contributed by atoms with Gasteiger partial charge in [-0.3, -0.25) is 9.79 Å². The van der Waals surface area contributed by atoms with Crippen molar-refractivity contribution in [3.05, 3.63) is 214 Å². The first-order chi connectivity index (χ1) is 36.7. The first-order valence-corrected chi connectivity index (χ1v) is 26.4. The molecule has 1 amide bonds. The largest absolute Gasteiger partial charge is 0.324 e. The van der Waals surface area contributed by atoms with Crippen molar-refractivity contribution in [2.45, 2.75) is 118 Å². The fourth-order valence-corrected chi connectivity index (χ4v) is 10.3. The summed E-state index contributed by atoms with van der Waals surface area (Å²) in [4.78, 5) is 48.3. The van der Waals surface area contributed by atoms with Crippen LogP contribution in [0.3, 0.4) is 0 Å². The highest BCUT2D eigenvalue weighted by atomic mass is 16.1. The summed E-state index contributed by atoms with van der Waals surface area (Å²) in [6.45, 7) is 35.9. The maximum atomic E-state index is 13.8. The average Bonchev–Trinajstić information content (AvgIpc) is 4.19. The molecule has 3 N–H and O–H groups in total. The summed E-state index contributed by atoms with van der Waals surface area (Å²) >= 11 is 0. The predicted molar refractivity (Wildman–Crippen MR) is 329 cm³/mol. The van der Waals surface area contributed by atoms with Crippen molar-refractivity contribution in [1.82, 2.24) is 10.3 Å². The normalized spacial score (nSPS) is 17.1. The lowest BCUT2D eigenvalue weighted by atomic mass is 9.89. The Balaban J connectivity index is 1.18. The SMILES string of the molecule is C/C=C/C(C)=C/C=C/C(C)=C/C=C/C=C(C)/C=C/C=C(\C)C(=O)Nc1ccc2c(/N=C3\N=C(N=C4NC(=NC)c5c(C)c(C)c(C)c(C)c54)c4c(C)c(C)c(C)c(C)c43)[nH]c(/N=C3\N=Cc4c(C)c(C)c(C)c(C)c43)c2c1. The molecule has 10 heteroatoms. The molecule has 0 unspecified atom stereocenters. The van der Waals surface area contributed by atoms with Crippen LogP contribution in [-0.4, -0.2) is 53.3 Å². The first kappa shape index (κ1) is 54.9. The molecule has 10 nitrogen and oxygen atoms in total. The number of nitrogens with zero attached hydrogens (tertiary/aromatic N) is 6. The lowest BCUT2D eigenvalue weighted by Crippen LogP contribution is -2.24. The van der Waals surface area contributed by atoms with Crippen LogP contribution in [0.15, 0.2) is 143 Å². The molecular formula is C67H73N9O. The molecule has 0 saturated carbocycles. The smallest absolute Gasteiger partial charge is 0.251 e. The molecule has 0 saturated heterocycles. The molecule has 8 rings (SSSR count). The summed E-state index contributed by atoms with van der Waals surface area (Å²) < 4.78 is 0. The van der Waals surface area contributed by atoms with Crippen LogP contribution in [0.5, 0.6) is 0 Å². The van der Waals surface area contributed by atoms with Crippen molar-refractivity contribution >= 4 is 69.4 Å². The quantitative estimate of drug-likeness (QED) is 0.0899. The number of hydrogen-bond acceptors (Lipinski definition) is 5. The number of anilines is 1. The molecule has 3 aliphatic rings. The molecule has 392 valence electrons. The van der Waals surface area contributed by atoms with Crippen molar-refractivity contribution in [3.8, 4) is 0 Å². The van der Waals surface area contributed by atoms with Gasteiger partial charge in [0.2, 0.25) is 0 Å². The lowest BCUT2D eigenvalue weighted by Gasteiger charge is -2.16. The fourth-order valence-electron chi connectivity index (χ4n) is 10.3. The molecule has 5 aromatic rings. The third-order valence-corrected chi connectivity index (χ3v) is 16.0. The van der Waals surface area contributed by atoms with E-state index in [1.807, 2.05) is 94.8 Å². The number of benzene rings is 4. The van der Waals surface area contributed by atoms with Crippen LogP contribution in [0, 0.1) is 83.1 Å². The number of aliphatic imine (C=N–C) groups is 6. The van der Waals surface area contributed by atoms with E-state index in [1.54, 1.807) is 0 Å². The molecule has 4 aromatic carbocycles. The second kappa shape index (κ2) is 22.5. The monoisotopic (exact) mass is 1020 g/mol. The number of nitrogens with one attached hydrogen (secondary N) is 3. The van der Waals surface area contributed by atoms with Gasteiger partial charge in [0.25, 0.3) is 5.91 Å². The van der Waals surface area contributed by atoms with Crippen molar-refractivity contribution in [3.63, 3.8) is 0 Å². The van der Waals surface area contributed by atoms with Crippen LogP contribution >= 0.6 is 0 Å². The van der Waals surface area contributed by atoms with E-state index >= 15 is 0 Å². The van der Waals surface area contributed by atoms with Gasteiger partial charge < -0.3 is 15.6 Å². The predicted octanol–water partition coefficient (Wildman–Crippen LogP) is 15.6. The molecule has 3 aliphatic heterocycles. The Hall–Kier alpha value is -8.37. The van der Waals surface area contributed by atoms with Crippen LogP contribution in [0.1, 0.15) is 135 Å². The fraction of sp³-hybridized carbons (Fsp3) is 0.269.